The first-order chi connectivity index (χ1) is 16.2. The zero-order valence-electron chi connectivity index (χ0n) is 19.5. The van der Waals surface area contributed by atoms with E-state index in [0.29, 0.717) is 33.5 Å². The van der Waals surface area contributed by atoms with Crippen LogP contribution in [0.3, 0.4) is 0 Å². The molecule has 1 aromatic heterocycles. The Bertz CT molecular complexity index is 1440. The van der Waals surface area contributed by atoms with Crippen molar-refractivity contribution in [1.29, 1.82) is 0 Å². The summed E-state index contributed by atoms with van der Waals surface area (Å²) in [5, 5.41) is 4.42. The third kappa shape index (κ3) is 4.48. The molecule has 0 fully saturated rings. The molecule has 1 N–H and O–H groups in total. The van der Waals surface area contributed by atoms with Crippen LogP contribution in [-0.4, -0.2) is 25.1 Å². The Morgan fingerprint density at radius 1 is 1.00 bits per heavy atom. The molecule has 1 heterocycles. The predicted octanol–water partition coefficient (Wildman–Crippen LogP) is 7.51. The number of pyridine rings is 1. The van der Waals surface area contributed by atoms with Gasteiger partial charge in [0.2, 0.25) is 0 Å². The molecule has 0 saturated carbocycles. The molecule has 0 saturated heterocycles. The van der Waals surface area contributed by atoms with Gasteiger partial charge in [0.05, 0.1) is 41.2 Å². The van der Waals surface area contributed by atoms with Crippen molar-refractivity contribution in [3.05, 3.63) is 80.3 Å². The summed E-state index contributed by atoms with van der Waals surface area (Å²) >= 11 is 9.72. The van der Waals surface area contributed by atoms with Crippen LogP contribution < -0.4 is 14.8 Å². The topological polar surface area (TPSA) is 60.5 Å². The van der Waals surface area contributed by atoms with Gasteiger partial charge >= 0.3 is 0 Å². The average Bonchev–Trinajstić information content (AvgIpc) is 2.79. The van der Waals surface area contributed by atoms with Crippen LogP contribution in [0.15, 0.2) is 53.0 Å². The number of anilines is 1. The fourth-order valence-corrected chi connectivity index (χ4v) is 4.84. The van der Waals surface area contributed by atoms with E-state index in [1.54, 1.807) is 26.4 Å². The first-order valence-corrected chi connectivity index (χ1v) is 11.8. The number of benzene rings is 3. The Labute approximate surface area is 212 Å². The number of hydrogen-bond acceptors (Lipinski definition) is 4. The lowest BCUT2D eigenvalue weighted by Gasteiger charge is -2.18. The molecule has 0 aliphatic heterocycles. The highest BCUT2D eigenvalue weighted by Gasteiger charge is 2.22. The lowest BCUT2D eigenvalue weighted by Crippen LogP contribution is -2.16. The highest BCUT2D eigenvalue weighted by Crippen LogP contribution is 2.38. The number of fused-ring (bicyclic) bond motifs is 1. The number of nitrogens with zero attached hydrogens (tertiary/aromatic N) is 1. The number of rotatable bonds is 5. The van der Waals surface area contributed by atoms with Crippen LogP contribution in [0.1, 0.15) is 27.0 Å². The number of amides is 1. The number of carbonyl (C=O) groups excluding carboxylic acids is 1. The van der Waals surface area contributed by atoms with Crippen LogP contribution in [0, 0.1) is 20.8 Å². The molecule has 0 atom stereocenters. The molecular formula is C27H24BrClN2O3. The van der Waals surface area contributed by atoms with Crippen LogP contribution in [0.2, 0.25) is 5.02 Å². The fraction of sp³-hybridized carbons (Fsp3) is 0.185. The van der Waals surface area contributed by atoms with Gasteiger partial charge < -0.3 is 14.8 Å². The predicted molar refractivity (Wildman–Crippen MR) is 142 cm³/mol. The summed E-state index contributed by atoms with van der Waals surface area (Å²) in [6.07, 6.45) is 0. The van der Waals surface area contributed by atoms with E-state index in [0.717, 1.165) is 37.6 Å². The molecule has 0 bridgehead atoms. The van der Waals surface area contributed by atoms with Gasteiger partial charge in [-0.3, -0.25) is 4.79 Å². The standard InChI is InChI=1S/C27H24BrClN2O3/c1-14-9-15(2)25-19(10-14)24(16(3)26(31-25)17-7-6-8-18(29)11-17)27(32)30-21-13-22(33-4)20(28)12-23(21)34-5/h6-13H,1-5H3,(H,30,32). The monoisotopic (exact) mass is 538 g/mol. The quantitative estimate of drug-likeness (QED) is 0.285. The van der Waals surface area contributed by atoms with Crippen LogP contribution in [0.25, 0.3) is 22.2 Å². The Morgan fingerprint density at radius 2 is 1.74 bits per heavy atom. The second-order valence-corrected chi connectivity index (χ2v) is 9.38. The number of carbonyl (C=O) groups is 1. The van der Waals surface area contributed by atoms with Crippen molar-refractivity contribution in [3.8, 4) is 22.8 Å². The van der Waals surface area contributed by atoms with Crippen LogP contribution in [-0.2, 0) is 0 Å². The van der Waals surface area contributed by atoms with E-state index in [1.807, 2.05) is 51.1 Å². The largest absolute Gasteiger partial charge is 0.495 e. The number of ether oxygens (including phenoxy) is 2. The molecular weight excluding hydrogens is 516 g/mol. The van der Waals surface area contributed by atoms with E-state index < -0.39 is 0 Å². The third-order valence-corrected chi connectivity index (χ3v) is 6.57. The van der Waals surface area contributed by atoms with Crippen molar-refractivity contribution in [3.63, 3.8) is 0 Å². The summed E-state index contributed by atoms with van der Waals surface area (Å²) in [7, 11) is 3.13. The summed E-state index contributed by atoms with van der Waals surface area (Å²) in [6.45, 7) is 5.93. The zero-order chi connectivity index (χ0) is 24.6. The maximum Gasteiger partial charge on any atom is 0.256 e. The maximum atomic E-state index is 13.8. The van der Waals surface area contributed by atoms with Gasteiger partial charge in [-0.1, -0.05) is 35.4 Å². The number of halogens is 2. The van der Waals surface area contributed by atoms with E-state index in [9.17, 15) is 4.79 Å². The summed E-state index contributed by atoms with van der Waals surface area (Å²) in [6, 6.07) is 15.1. The molecule has 5 nitrogen and oxygen atoms in total. The van der Waals surface area contributed by atoms with Crippen LogP contribution >= 0.6 is 27.5 Å². The van der Waals surface area contributed by atoms with Crippen molar-refractivity contribution in [1.82, 2.24) is 4.98 Å². The molecule has 3 aromatic carbocycles. The minimum Gasteiger partial charge on any atom is -0.495 e. The van der Waals surface area contributed by atoms with E-state index in [-0.39, 0.29) is 5.91 Å². The van der Waals surface area contributed by atoms with Crippen LogP contribution in [0.4, 0.5) is 5.69 Å². The lowest BCUT2D eigenvalue weighted by molar-refractivity contribution is 0.102. The highest BCUT2D eigenvalue weighted by atomic mass is 79.9. The third-order valence-electron chi connectivity index (χ3n) is 5.72. The SMILES string of the molecule is COc1cc(NC(=O)c2c(C)c(-c3cccc(Cl)c3)nc3c(C)cc(C)cc23)c(OC)cc1Br. The zero-order valence-corrected chi connectivity index (χ0v) is 21.9. The first-order valence-electron chi connectivity index (χ1n) is 10.6. The summed E-state index contributed by atoms with van der Waals surface area (Å²) in [4.78, 5) is 18.8. The van der Waals surface area contributed by atoms with E-state index >= 15 is 0 Å². The van der Waals surface area contributed by atoms with Gasteiger partial charge in [0, 0.05) is 28.1 Å². The Hall–Kier alpha value is -3.09. The average molecular weight is 540 g/mol. The summed E-state index contributed by atoms with van der Waals surface area (Å²) < 4.78 is 11.6. The second kappa shape index (κ2) is 9.65. The molecule has 1 amide bonds. The normalized spacial score (nSPS) is 10.9. The molecule has 0 aliphatic rings. The van der Waals surface area contributed by atoms with Gasteiger partial charge in [0.1, 0.15) is 11.5 Å². The van der Waals surface area contributed by atoms with Crippen molar-refractivity contribution < 1.29 is 14.3 Å². The van der Waals surface area contributed by atoms with Crippen LogP contribution in [0.5, 0.6) is 11.5 Å². The van der Waals surface area contributed by atoms with Gasteiger partial charge in [0.25, 0.3) is 5.91 Å². The van der Waals surface area contributed by atoms with E-state index in [1.165, 1.54) is 0 Å². The second-order valence-electron chi connectivity index (χ2n) is 8.09. The lowest BCUT2D eigenvalue weighted by atomic mass is 9.94. The molecule has 0 spiro atoms. The molecule has 0 aliphatic carbocycles. The summed E-state index contributed by atoms with van der Waals surface area (Å²) in [5.74, 6) is 0.832. The maximum absolute atomic E-state index is 13.8. The number of aryl methyl sites for hydroxylation is 2. The van der Waals surface area contributed by atoms with Crippen molar-refractivity contribution in [2.24, 2.45) is 0 Å². The molecule has 7 heteroatoms. The van der Waals surface area contributed by atoms with E-state index in [2.05, 4.69) is 27.3 Å². The molecule has 0 unspecified atom stereocenters. The number of hydrogen-bond donors (Lipinski definition) is 1. The van der Waals surface area contributed by atoms with Gasteiger partial charge in [0.15, 0.2) is 0 Å². The van der Waals surface area contributed by atoms with Gasteiger partial charge in [-0.2, -0.15) is 0 Å². The Kier molecular flexibility index (Phi) is 6.82. The van der Waals surface area contributed by atoms with Gasteiger partial charge in [-0.25, -0.2) is 4.98 Å². The summed E-state index contributed by atoms with van der Waals surface area (Å²) in [5.41, 5.74) is 6.21. The molecule has 4 rings (SSSR count). The molecule has 0 radical (unpaired) electrons. The van der Waals surface area contributed by atoms with Gasteiger partial charge in [-0.15, -0.1) is 0 Å². The van der Waals surface area contributed by atoms with E-state index in [4.69, 9.17) is 26.1 Å². The molecule has 174 valence electrons. The highest BCUT2D eigenvalue weighted by molar-refractivity contribution is 9.10. The minimum atomic E-state index is -0.263. The number of methoxy groups -OCH3 is 2. The van der Waals surface area contributed by atoms with Crippen molar-refractivity contribution in [2.75, 3.05) is 19.5 Å². The van der Waals surface area contributed by atoms with Crippen molar-refractivity contribution in [2.45, 2.75) is 20.8 Å². The smallest absolute Gasteiger partial charge is 0.256 e. The number of nitrogens with one attached hydrogen (secondary N) is 1. The fourth-order valence-electron chi connectivity index (χ4n) is 4.17. The minimum absolute atomic E-state index is 0.263. The van der Waals surface area contributed by atoms with Crippen molar-refractivity contribution >= 4 is 50.0 Å². The first kappa shape index (κ1) is 24.0. The Morgan fingerprint density at radius 3 is 2.41 bits per heavy atom. The Balaban J connectivity index is 1.94. The van der Waals surface area contributed by atoms with Gasteiger partial charge in [-0.05, 0) is 66.0 Å². The molecule has 34 heavy (non-hydrogen) atoms. The number of aromatic nitrogens is 1. The molecule has 4 aromatic rings.